The summed E-state index contributed by atoms with van der Waals surface area (Å²) < 4.78 is 9.58. The van der Waals surface area contributed by atoms with E-state index in [0.717, 1.165) is 5.56 Å². The number of rotatable bonds is 7. The van der Waals surface area contributed by atoms with Gasteiger partial charge in [0.1, 0.15) is 18.7 Å². The van der Waals surface area contributed by atoms with Gasteiger partial charge in [-0.25, -0.2) is 0 Å². The van der Waals surface area contributed by atoms with Gasteiger partial charge in [0.05, 0.1) is 7.11 Å². The van der Waals surface area contributed by atoms with Crippen LogP contribution in [0, 0.1) is 0 Å². The van der Waals surface area contributed by atoms with Crippen molar-refractivity contribution in [1.82, 2.24) is 0 Å². The van der Waals surface area contributed by atoms with Gasteiger partial charge in [-0.3, -0.25) is 9.59 Å². The van der Waals surface area contributed by atoms with Crippen LogP contribution < -0.4 is 11.5 Å². The van der Waals surface area contributed by atoms with Crippen LogP contribution in [0.1, 0.15) is 18.4 Å². The number of methoxy groups -OCH3 is 1. The molecule has 0 aliphatic rings. The van der Waals surface area contributed by atoms with Gasteiger partial charge in [0.15, 0.2) is 0 Å². The second-order valence-corrected chi connectivity index (χ2v) is 4.41. The van der Waals surface area contributed by atoms with Crippen molar-refractivity contribution in [3.63, 3.8) is 0 Å². The molecule has 1 aromatic rings. The molecule has 0 aliphatic carbocycles. The quantitative estimate of drug-likeness (QED) is 0.720. The second-order valence-electron chi connectivity index (χ2n) is 4.41. The lowest BCUT2D eigenvalue weighted by Crippen LogP contribution is -2.37. The Kier molecular flexibility index (Phi) is 9.36. The maximum absolute atomic E-state index is 11.7. The zero-order chi connectivity index (χ0) is 15.0. The molecule has 4 N–H and O–H groups in total. The van der Waals surface area contributed by atoms with Gasteiger partial charge in [0.25, 0.3) is 0 Å². The fourth-order valence-electron chi connectivity index (χ4n) is 1.58. The molecule has 21 heavy (non-hydrogen) atoms. The highest BCUT2D eigenvalue weighted by Crippen LogP contribution is 2.05. The first-order chi connectivity index (χ1) is 9.54. The lowest BCUT2D eigenvalue weighted by atomic mass is 10.1. The van der Waals surface area contributed by atoms with Crippen molar-refractivity contribution < 1.29 is 19.1 Å². The fraction of sp³-hybridized carbons (Fsp3) is 0.429. The normalized spacial score (nSPS) is 12.7. The van der Waals surface area contributed by atoms with E-state index in [1.54, 1.807) is 0 Å². The standard InChI is InChI=1S/C14H20N2O4.ClH/c1-19-13(17)11(15)7-8-12(16)14(18)20-9-10-5-3-2-4-6-10;/h2-6,11-12H,7-9,15-16H2,1H3;1H/t11-,12?;/m0./s1. The molecule has 1 rings (SSSR count). The van der Waals surface area contributed by atoms with Gasteiger partial charge < -0.3 is 20.9 Å². The smallest absolute Gasteiger partial charge is 0.323 e. The lowest BCUT2D eigenvalue weighted by molar-refractivity contribution is -0.147. The highest BCUT2D eigenvalue weighted by atomic mass is 35.5. The molecule has 0 heterocycles. The number of benzene rings is 1. The molecular formula is C14H21ClN2O4. The minimum atomic E-state index is -0.797. The molecule has 0 saturated heterocycles. The molecule has 0 radical (unpaired) electrons. The Morgan fingerprint density at radius 2 is 1.57 bits per heavy atom. The van der Waals surface area contributed by atoms with E-state index in [0.29, 0.717) is 0 Å². The van der Waals surface area contributed by atoms with E-state index < -0.39 is 24.0 Å². The van der Waals surface area contributed by atoms with Crippen LogP contribution in [0.4, 0.5) is 0 Å². The van der Waals surface area contributed by atoms with Crippen molar-refractivity contribution in [1.29, 1.82) is 0 Å². The highest BCUT2D eigenvalue weighted by Gasteiger charge is 2.20. The molecule has 6 nitrogen and oxygen atoms in total. The molecule has 0 fully saturated rings. The number of carbonyl (C=O) groups excluding carboxylic acids is 2. The van der Waals surface area contributed by atoms with Crippen molar-refractivity contribution in [2.45, 2.75) is 31.5 Å². The van der Waals surface area contributed by atoms with Gasteiger partial charge in [-0.15, -0.1) is 12.4 Å². The summed E-state index contributed by atoms with van der Waals surface area (Å²) in [6.07, 6.45) is 0.540. The molecule has 7 heteroatoms. The first-order valence-corrected chi connectivity index (χ1v) is 6.34. The predicted molar refractivity (Wildman–Crippen MR) is 80.7 cm³/mol. The zero-order valence-corrected chi connectivity index (χ0v) is 12.7. The Bertz CT molecular complexity index is 442. The van der Waals surface area contributed by atoms with Crippen LogP contribution in [-0.4, -0.2) is 31.1 Å². The van der Waals surface area contributed by atoms with Gasteiger partial charge in [-0.2, -0.15) is 0 Å². The van der Waals surface area contributed by atoms with E-state index in [-0.39, 0.29) is 31.9 Å². The van der Waals surface area contributed by atoms with Crippen LogP contribution in [0.15, 0.2) is 30.3 Å². The molecule has 0 aromatic heterocycles. The molecule has 0 saturated carbocycles. The molecule has 0 aliphatic heterocycles. The third-order valence-electron chi connectivity index (χ3n) is 2.82. The van der Waals surface area contributed by atoms with E-state index in [1.807, 2.05) is 30.3 Å². The summed E-state index contributed by atoms with van der Waals surface area (Å²) in [5.74, 6) is -1.03. The number of halogens is 1. The van der Waals surface area contributed by atoms with E-state index in [2.05, 4.69) is 4.74 Å². The summed E-state index contributed by atoms with van der Waals surface area (Å²) in [5.41, 5.74) is 12.1. The van der Waals surface area contributed by atoms with E-state index in [4.69, 9.17) is 16.2 Å². The van der Waals surface area contributed by atoms with Crippen molar-refractivity contribution >= 4 is 24.3 Å². The number of nitrogens with two attached hydrogens (primary N) is 2. The fourth-order valence-corrected chi connectivity index (χ4v) is 1.58. The van der Waals surface area contributed by atoms with Crippen LogP contribution in [0.3, 0.4) is 0 Å². The van der Waals surface area contributed by atoms with Gasteiger partial charge in [0.2, 0.25) is 0 Å². The van der Waals surface area contributed by atoms with Crippen molar-refractivity contribution in [2.75, 3.05) is 7.11 Å². The monoisotopic (exact) mass is 316 g/mol. The van der Waals surface area contributed by atoms with Crippen LogP contribution in [0.2, 0.25) is 0 Å². The Hall–Kier alpha value is -1.63. The first kappa shape index (κ1) is 19.4. The van der Waals surface area contributed by atoms with Crippen LogP contribution >= 0.6 is 12.4 Å². The topological polar surface area (TPSA) is 105 Å². The average molecular weight is 317 g/mol. The van der Waals surface area contributed by atoms with Gasteiger partial charge in [-0.05, 0) is 18.4 Å². The average Bonchev–Trinajstić information content (AvgIpc) is 2.49. The number of ether oxygens (including phenoxy) is 2. The maximum Gasteiger partial charge on any atom is 0.323 e. The minimum absolute atomic E-state index is 0. The van der Waals surface area contributed by atoms with Crippen molar-refractivity contribution in [3.8, 4) is 0 Å². The molecule has 1 aromatic carbocycles. The predicted octanol–water partition coefficient (Wildman–Crippen LogP) is 0.759. The van der Waals surface area contributed by atoms with Gasteiger partial charge >= 0.3 is 11.9 Å². The molecule has 2 atom stereocenters. The Morgan fingerprint density at radius 1 is 1.05 bits per heavy atom. The molecule has 0 spiro atoms. The molecular weight excluding hydrogens is 296 g/mol. The van der Waals surface area contributed by atoms with E-state index >= 15 is 0 Å². The van der Waals surface area contributed by atoms with Crippen LogP contribution in [0.5, 0.6) is 0 Å². The number of hydrogen-bond acceptors (Lipinski definition) is 6. The molecule has 1 unspecified atom stereocenters. The SMILES string of the molecule is COC(=O)[C@@H](N)CCC(N)C(=O)OCc1ccccc1.Cl. The lowest BCUT2D eigenvalue weighted by Gasteiger charge is -2.13. The number of carbonyl (C=O) groups is 2. The summed E-state index contributed by atoms with van der Waals surface area (Å²) >= 11 is 0. The molecule has 0 amide bonds. The zero-order valence-electron chi connectivity index (χ0n) is 11.9. The van der Waals surface area contributed by atoms with Crippen molar-refractivity contribution in [3.05, 3.63) is 35.9 Å². The Morgan fingerprint density at radius 3 is 2.10 bits per heavy atom. The van der Waals surface area contributed by atoms with Gasteiger partial charge in [0, 0.05) is 0 Å². The summed E-state index contributed by atoms with van der Waals surface area (Å²) in [6, 6.07) is 7.74. The Balaban J connectivity index is 0.00000400. The van der Waals surface area contributed by atoms with Crippen molar-refractivity contribution in [2.24, 2.45) is 11.5 Å². The molecule has 0 bridgehead atoms. The molecule has 118 valence electrons. The first-order valence-electron chi connectivity index (χ1n) is 6.34. The highest BCUT2D eigenvalue weighted by molar-refractivity contribution is 5.85. The largest absolute Gasteiger partial charge is 0.468 e. The third-order valence-corrected chi connectivity index (χ3v) is 2.82. The summed E-state index contributed by atoms with van der Waals surface area (Å²) in [4.78, 5) is 22.8. The van der Waals surface area contributed by atoms with E-state index in [9.17, 15) is 9.59 Å². The van der Waals surface area contributed by atoms with Gasteiger partial charge in [-0.1, -0.05) is 30.3 Å². The number of esters is 2. The summed E-state index contributed by atoms with van der Waals surface area (Å²) in [6.45, 7) is 0.177. The van der Waals surface area contributed by atoms with Crippen LogP contribution in [-0.2, 0) is 25.7 Å². The summed E-state index contributed by atoms with van der Waals surface area (Å²) in [7, 11) is 1.26. The Labute approximate surface area is 130 Å². The van der Waals surface area contributed by atoms with Crippen LogP contribution in [0.25, 0.3) is 0 Å². The minimum Gasteiger partial charge on any atom is -0.468 e. The third kappa shape index (κ3) is 7.08. The maximum atomic E-state index is 11.7. The van der Waals surface area contributed by atoms with E-state index in [1.165, 1.54) is 7.11 Å². The summed E-state index contributed by atoms with van der Waals surface area (Å²) in [5, 5.41) is 0. The number of hydrogen-bond donors (Lipinski definition) is 2. The second kappa shape index (κ2) is 10.1.